The molecule has 0 unspecified atom stereocenters. The highest BCUT2D eigenvalue weighted by atomic mass is 32.1. The monoisotopic (exact) mass is 265 g/mol. The number of nitrogens with zero attached hydrogens (tertiary/aromatic N) is 3. The van der Waals surface area contributed by atoms with E-state index in [0.29, 0.717) is 12.2 Å². The van der Waals surface area contributed by atoms with E-state index < -0.39 is 11.6 Å². The Morgan fingerprint density at radius 3 is 2.89 bits per heavy atom. The minimum atomic E-state index is -0.501. The second-order valence-electron chi connectivity index (χ2n) is 4.91. The minimum Gasteiger partial charge on any atom is -0.455 e. The van der Waals surface area contributed by atoms with Crippen molar-refractivity contribution in [3.8, 4) is 0 Å². The molecule has 0 fully saturated rings. The number of rotatable bonds is 3. The quantitative estimate of drug-likeness (QED) is 0.799. The first-order valence-electron chi connectivity index (χ1n) is 5.59. The number of carbonyl (C=O) groups excluding carboxylic acids is 1. The van der Waals surface area contributed by atoms with Crippen molar-refractivity contribution in [3.63, 3.8) is 0 Å². The lowest BCUT2D eigenvalue weighted by Gasteiger charge is -2.18. The lowest BCUT2D eigenvalue weighted by Crippen LogP contribution is -2.24. The number of aromatic nitrogens is 3. The summed E-state index contributed by atoms with van der Waals surface area (Å²) >= 11 is 1.43. The summed E-state index contributed by atoms with van der Waals surface area (Å²) in [5, 5.41) is 0. The molecule has 0 atom stereocenters. The van der Waals surface area contributed by atoms with E-state index in [2.05, 4.69) is 9.36 Å². The standard InChI is InChI=1S/C12H15N3O2S/c1-12(2,3)17-11(16)10-7-15(8-13-10)6-9-4-5-14-18-9/h4-5,7-8H,6H2,1-3H3. The molecular formula is C12H15N3O2S. The van der Waals surface area contributed by atoms with E-state index in [1.807, 2.05) is 31.4 Å². The van der Waals surface area contributed by atoms with Gasteiger partial charge in [-0.1, -0.05) is 0 Å². The third kappa shape index (κ3) is 3.40. The zero-order valence-corrected chi connectivity index (χ0v) is 11.4. The number of imidazole rings is 1. The second kappa shape index (κ2) is 4.89. The average molecular weight is 265 g/mol. The molecular weight excluding hydrogens is 250 g/mol. The zero-order chi connectivity index (χ0) is 13.2. The summed E-state index contributed by atoms with van der Waals surface area (Å²) < 4.78 is 11.1. The molecule has 18 heavy (non-hydrogen) atoms. The Balaban J connectivity index is 2.04. The zero-order valence-electron chi connectivity index (χ0n) is 10.6. The van der Waals surface area contributed by atoms with Crippen LogP contribution in [0.1, 0.15) is 36.1 Å². The van der Waals surface area contributed by atoms with E-state index in [0.717, 1.165) is 4.88 Å². The molecule has 0 radical (unpaired) electrons. The van der Waals surface area contributed by atoms with Crippen molar-refractivity contribution >= 4 is 17.5 Å². The van der Waals surface area contributed by atoms with E-state index in [1.54, 1.807) is 18.7 Å². The Bertz CT molecular complexity index is 526. The maximum Gasteiger partial charge on any atom is 0.359 e. The third-order valence-corrected chi connectivity index (χ3v) is 2.80. The van der Waals surface area contributed by atoms with Crippen LogP contribution in [0.5, 0.6) is 0 Å². The molecule has 0 amide bonds. The van der Waals surface area contributed by atoms with Gasteiger partial charge in [0.25, 0.3) is 0 Å². The maximum absolute atomic E-state index is 11.8. The number of hydrogen-bond acceptors (Lipinski definition) is 5. The van der Waals surface area contributed by atoms with Gasteiger partial charge >= 0.3 is 5.97 Å². The van der Waals surface area contributed by atoms with Gasteiger partial charge in [-0.3, -0.25) is 0 Å². The van der Waals surface area contributed by atoms with Crippen LogP contribution >= 0.6 is 11.5 Å². The molecule has 0 aliphatic heterocycles. The van der Waals surface area contributed by atoms with Gasteiger partial charge in [0.1, 0.15) is 5.60 Å². The summed E-state index contributed by atoms with van der Waals surface area (Å²) in [4.78, 5) is 16.9. The first kappa shape index (κ1) is 12.8. The fourth-order valence-electron chi connectivity index (χ4n) is 1.39. The van der Waals surface area contributed by atoms with Crippen LogP contribution in [-0.4, -0.2) is 25.5 Å². The summed E-state index contributed by atoms with van der Waals surface area (Å²) in [5.41, 5.74) is -0.173. The van der Waals surface area contributed by atoms with E-state index in [9.17, 15) is 4.79 Å². The predicted molar refractivity (Wildman–Crippen MR) is 68.6 cm³/mol. The van der Waals surface area contributed by atoms with Gasteiger partial charge in [-0.25, -0.2) is 14.2 Å². The molecule has 2 rings (SSSR count). The lowest BCUT2D eigenvalue weighted by atomic mass is 10.2. The normalized spacial score (nSPS) is 11.5. The molecule has 0 bridgehead atoms. The number of carbonyl (C=O) groups is 1. The topological polar surface area (TPSA) is 57.0 Å². The SMILES string of the molecule is CC(C)(C)OC(=O)c1cn(Cc2ccns2)cn1. The van der Waals surface area contributed by atoms with Crippen LogP contribution in [0.4, 0.5) is 0 Å². The highest BCUT2D eigenvalue weighted by Gasteiger charge is 2.19. The van der Waals surface area contributed by atoms with Crippen molar-refractivity contribution in [1.82, 2.24) is 13.9 Å². The van der Waals surface area contributed by atoms with Gasteiger partial charge in [-0.05, 0) is 38.4 Å². The van der Waals surface area contributed by atoms with Crippen molar-refractivity contribution in [2.45, 2.75) is 32.9 Å². The Morgan fingerprint density at radius 1 is 1.50 bits per heavy atom. The van der Waals surface area contributed by atoms with Crippen LogP contribution in [0, 0.1) is 0 Å². The number of esters is 1. The number of hydrogen-bond donors (Lipinski definition) is 0. The highest BCUT2D eigenvalue weighted by molar-refractivity contribution is 7.05. The lowest BCUT2D eigenvalue weighted by molar-refractivity contribution is 0.00633. The Kier molecular flexibility index (Phi) is 3.47. The fraction of sp³-hybridized carbons (Fsp3) is 0.417. The third-order valence-electron chi connectivity index (χ3n) is 2.07. The smallest absolute Gasteiger partial charge is 0.359 e. The molecule has 0 aliphatic carbocycles. The Hall–Kier alpha value is -1.69. The molecule has 2 aromatic rings. The van der Waals surface area contributed by atoms with Crippen LogP contribution in [0.2, 0.25) is 0 Å². The van der Waals surface area contributed by atoms with Crippen molar-refractivity contribution in [3.05, 3.63) is 35.4 Å². The molecule has 2 heterocycles. The number of ether oxygens (including phenoxy) is 1. The van der Waals surface area contributed by atoms with Gasteiger partial charge in [-0.2, -0.15) is 0 Å². The molecule has 0 aliphatic rings. The Morgan fingerprint density at radius 2 is 2.28 bits per heavy atom. The van der Waals surface area contributed by atoms with Crippen molar-refractivity contribution in [2.24, 2.45) is 0 Å². The minimum absolute atomic E-state index is 0.328. The molecule has 0 aromatic carbocycles. The molecule has 6 heteroatoms. The van der Waals surface area contributed by atoms with Crippen molar-refractivity contribution < 1.29 is 9.53 Å². The first-order valence-corrected chi connectivity index (χ1v) is 6.36. The van der Waals surface area contributed by atoms with E-state index in [4.69, 9.17) is 4.74 Å². The summed E-state index contributed by atoms with van der Waals surface area (Å²) in [6.45, 7) is 6.16. The highest BCUT2D eigenvalue weighted by Crippen LogP contribution is 2.12. The Labute approximate surface area is 110 Å². The molecule has 96 valence electrons. The molecule has 0 saturated carbocycles. The van der Waals surface area contributed by atoms with Crippen LogP contribution < -0.4 is 0 Å². The van der Waals surface area contributed by atoms with E-state index in [-0.39, 0.29) is 0 Å². The molecule has 0 spiro atoms. The van der Waals surface area contributed by atoms with Gasteiger partial charge in [0.2, 0.25) is 0 Å². The maximum atomic E-state index is 11.8. The summed E-state index contributed by atoms with van der Waals surface area (Å²) in [6, 6.07) is 1.94. The molecule has 2 aromatic heterocycles. The van der Waals surface area contributed by atoms with E-state index in [1.165, 1.54) is 11.5 Å². The average Bonchev–Trinajstić information content (AvgIpc) is 2.86. The second-order valence-corrected chi connectivity index (χ2v) is 5.83. The molecule has 5 nitrogen and oxygen atoms in total. The van der Waals surface area contributed by atoms with Gasteiger partial charge in [0.15, 0.2) is 5.69 Å². The van der Waals surface area contributed by atoms with Gasteiger partial charge in [0.05, 0.1) is 12.9 Å². The summed E-state index contributed by atoms with van der Waals surface area (Å²) in [5.74, 6) is -0.398. The van der Waals surface area contributed by atoms with Gasteiger partial charge < -0.3 is 9.30 Å². The first-order chi connectivity index (χ1) is 8.44. The predicted octanol–water partition coefficient (Wildman–Crippen LogP) is 2.34. The van der Waals surface area contributed by atoms with Crippen LogP contribution in [0.15, 0.2) is 24.8 Å². The summed E-state index contributed by atoms with van der Waals surface area (Å²) in [7, 11) is 0. The fourth-order valence-corrected chi connectivity index (χ4v) is 1.97. The van der Waals surface area contributed by atoms with Crippen LogP contribution in [0.25, 0.3) is 0 Å². The van der Waals surface area contributed by atoms with Crippen molar-refractivity contribution in [2.75, 3.05) is 0 Å². The summed E-state index contributed by atoms with van der Waals surface area (Å²) in [6.07, 6.45) is 5.07. The molecule has 0 saturated heterocycles. The van der Waals surface area contributed by atoms with E-state index >= 15 is 0 Å². The molecule has 0 N–H and O–H groups in total. The van der Waals surface area contributed by atoms with Crippen molar-refractivity contribution in [1.29, 1.82) is 0 Å². The van der Waals surface area contributed by atoms with Crippen LogP contribution in [0.3, 0.4) is 0 Å². The van der Waals surface area contributed by atoms with Crippen LogP contribution in [-0.2, 0) is 11.3 Å². The van der Waals surface area contributed by atoms with Gasteiger partial charge in [0, 0.05) is 17.3 Å². The largest absolute Gasteiger partial charge is 0.455 e. The van der Waals surface area contributed by atoms with Gasteiger partial charge in [-0.15, -0.1) is 0 Å².